The lowest BCUT2D eigenvalue weighted by Crippen LogP contribution is -2.55. The number of carbonyl (C=O) groups is 2. The van der Waals surface area contributed by atoms with Crippen molar-refractivity contribution in [1.29, 1.82) is 0 Å². The first kappa shape index (κ1) is 14.5. The number of hydrogen-bond donors (Lipinski definition) is 2. The summed E-state index contributed by atoms with van der Waals surface area (Å²) in [7, 11) is 1.51. The van der Waals surface area contributed by atoms with E-state index in [0.29, 0.717) is 13.2 Å². The van der Waals surface area contributed by atoms with Crippen molar-refractivity contribution >= 4 is 29.1 Å². The van der Waals surface area contributed by atoms with Crippen LogP contribution in [0.4, 0.5) is 5.69 Å². The van der Waals surface area contributed by atoms with Crippen LogP contribution < -0.4 is 11.1 Å². The monoisotopic (exact) mass is 298 g/mol. The lowest BCUT2D eigenvalue weighted by Gasteiger charge is -2.34. The summed E-state index contributed by atoms with van der Waals surface area (Å²) in [6.07, 6.45) is 1.32. The summed E-state index contributed by atoms with van der Waals surface area (Å²) in [5.41, 5.74) is 6.21. The van der Waals surface area contributed by atoms with E-state index in [9.17, 15) is 9.59 Å². The Morgan fingerprint density at radius 1 is 1.60 bits per heavy atom. The number of amides is 2. The number of nitrogens with zero attached hydrogens (tertiary/aromatic N) is 2. The molecule has 1 fully saturated rings. The van der Waals surface area contributed by atoms with Gasteiger partial charge in [-0.2, -0.15) is 0 Å². The lowest BCUT2D eigenvalue weighted by atomic mass is 10.1. The highest BCUT2D eigenvalue weighted by molar-refractivity contribution is 6.29. The second kappa shape index (κ2) is 6.06. The maximum absolute atomic E-state index is 12.5. The van der Waals surface area contributed by atoms with Crippen LogP contribution in [-0.4, -0.2) is 54.5 Å². The molecule has 1 aromatic rings. The first-order valence-corrected chi connectivity index (χ1v) is 6.43. The molecule has 2 heterocycles. The number of carbonyl (C=O) groups excluding carboxylic acids is 2. The van der Waals surface area contributed by atoms with Crippen molar-refractivity contribution in [2.45, 2.75) is 6.04 Å². The molecule has 2 amide bonds. The van der Waals surface area contributed by atoms with Gasteiger partial charge in [0.05, 0.1) is 30.7 Å². The van der Waals surface area contributed by atoms with Crippen molar-refractivity contribution < 1.29 is 14.3 Å². The smallest absolute Gasteiger partial charge is 0.256 e. The van der Waals surface area contributed by atoms with Crippen molar-refractivity contribution in [3.63, 3.8) is 0 Å². The summed E-state index contributed by atoms with van der Waals surface area (Å²) in [6.45, 7) is 0.846. The summed E-state index contributed by atoms with van der Waals surface area (Å²) in [5.74, 6) is -0.638. The molecule has 1 aromatic heterocycles. The number of aromatic nitrogens is 1. The zero-order valence-corrected chi connectivity index (χ0v) is 11.7. The molecule has 0 radical (unpaired) electrons. The molecule has 7 nitrogen and oxygen atoms in total. The molecule has 0 aliphatic carbocycles. The number of nitrogens with one attached hydrogen (secondary N) is 1. The molecular formula is C12H15ClN4O3. The molecule has 0 bridgehead atoms. The summed E-state index contributed by atoms with van der Waals surface area (Å²) >= 11 is 5.78. The molecule has 0 aromatic carbocycles. The van der Waals surface area contributed by atoms with Crippen LogP contribution in [0.5, 0.6) is 0 Å². The number of hydrogen-bond acceptors (Lipinski definition) is 5. The summed E-state index contributed by atoms with van der Waals surface area (Å²) in [6, 6.07) is 0.725. The van der Waals surface area contributed by atoms with Gasteiger partial charge < -0.3 is 20.7 Å². The first-order valence-electron chi connectivity index (χ1n) is 6.06. The van der Waals surface area contributed by atoms with Gasteiger partial charge >= 0.3 is 0 Å². The zero-order valence-electron chi connectivity index (χ0n) is 10.9. The number of morpholine rings is 1. The van der Waals surface area contributed by atoms with Crippen LogP contribution in [-0.2, 0) is 9.53 Å². The Balaban J connectivity index is 2.30. The van der Waals surface area contributed by atoms with Crippen LogP contribution in [0.2, 0.25) is 5.15 Å². The number of pyridine rings is 1. The second-order valence-corrected chi connectivity index (χ2v) is 4.69. The standard InChI is InChI=1S/C12H15ClN4O3/c1-15-11(18)9-6-20-3-2-17(9)12(19)7-4-10(13)16-5-8(7)14/h4-5,9H,2-3,6,14H2,1H3,(H,15,18). The molecule has 3 N–H and O–H groups in total. The fourth-order valence-corrected chi connectivity index (χ4v) is 2.17. The van der Waals surface area contributed by atoms with E-state index in [-0.39, 0.29) is 34.8 Å². The third-order valence-electron chi connectivity index (χ3n) is 3.07. The number of ether oxygens (including phenoxy) is 1. The van der Waals surface area contributed by atoms with Gasteiger partial charge in [-0.3, -0.25) is 9.59 Å². The molecule has 20 heavy (non-hydrogen) atoms. The van der Waals surface area contributed by atoms with E-state index in [1.807, 2.05) is 0 Å². The molecule has 1 aliphatic heterocycles. The van der Waals surface area contributed by atoms with E-state index < -0.39 is 6.04 Å². The SMILES string of the molecule is CNC(=O)C1COCCN1C(=O)c1cc(Cl)ncc1N. The van der Waals surface area contributed by atoms with Gasteiger partial charge in [-0.25, -0.2) is 4.98 Å². The fraction of sp³-hybridized carbons (Fsp3) is 0.417. The Labute approximate surface area is 121 Å². The molecule has 1 atom stereocenters. The molecule has 1 unspecified atom stereocenters. The van der Waals surface area contributed by atoms with E-state index in [0.717, 1.165) is 0 Å². The van der Waals surface area contributed by atoms with Gasteiger partial charge in [0.2, 0.25) is 5.91 Å². The summed E-state index contributed by atoms with van der Waals surface area (Å²) in [4.78, 5) is 29.6. The maximum Gasteiger partial charge on any atom is 0.256 e. The van der Waals surface area contributed by atoms with Crippen molar-refractivity contribution in [2.24, 2.45) is 0 Å². The number of halogens is 1. The van der Waals surface area contributed by atoms with Crippen molar-refractivity contribution in [3.05, 3.63) is 23.0 Å². The van der Waals surface area contributed by atoms with Crippen LogP contribution in [0.15, 0.2) is 12.3 Å². The van der Waals surface area contributed by atoms with E-state index in [1.54, 1.807) is 0 Å². The van der Waals surface area contributed by atoms with Crippen LogP contribution in [0.25, 0.3) is 0 Å². The van der Waals surface area contributed by atoms with Crippen molar-refractivity contribution in [2.75, 3.05) is 32.5 Å². The molecule has 8 heteroatoms. The fourth-order valence-electron chi connectivity index (χ4n) is 2.01. The number of rotatable bonds is 2. The Bertz CT molecular complexity index is 537. The highest BCUT2D eigenvalue weighted by atomic mass is 35.5. The van der Waals surface area contributed by atoms with Crippen LogP contribution in [0, 0.1) is 0 Å². The van der Waals surface area contributed by atoms with E-state index in [2.05, 4.69) is 10.3 Å². The number of nitrogen functional groups attached to an aromatic ring is 1. The van der Waals surface area contributed by atoms with Crippen molar-refractivity contribution in [1.82, 2.24) is 15.2 Å². The Kier molecular flexibility index (Phi) is 4.41. The minimum absolute atomic E-state index is 0.157. The Morgan fingerprint density at radius 2 is 2.35 bits per heavy atom. The van der Waals surface area contributed by atoms with Crippen LogP contribution in [0.3, 0.4) is 0 Å². The Hall–Kier alpha value is -1.86. The quantitative estimate of drug-likeness (QED) is 0.743. The van der Waals surface area contributed by atoms with E-state index in [1.165, 1.54) is 24.2 Å². The van der Waals surface area contributed by atoms with Gasteiger partial charge in [0.1, 0.15) is 11.2 Å². The van der Waals surface area contributed by atoms with Crippen molar-refractivity contribution in [3.8, 4) is 0 Å². The number of anilines is 1. The predicted molar refractivity (Wildman–Crippen MR) is 73.4 cm³/mol. The van der Waals surface area contributed by atoms with Gasteiger partial charge in [0.25, 0.3) is 5.91 Å². The molecule has 0 spiro atoms. The minimum atomic E-state index is -0.674. The lowest BCUT2D eigenvalue weighted by molar-refractivity contribution is -0.130. The third kappa shape index (κ3) is 2.83. The number of likely N-dealkylation sites (N-methyl/N-ethyl adjacent to an activating group) is 1. The molecule has 0 saturated carbocycles. The predicted octanol–water partition coefficient (Wildman–Crippen LogP) is -0.0958. The van der Waals surface area contributed by atoms with Gasteiger partial charge in [-0.05, 0) is 6.07 Å². The topological polar surface area (TPSA) is 97.5 Å². The number of nitrogens with two attached hydrogens (primary N) is 1. The molecular weight excluding hydrogens is 284 g/mol. The zero-order chi connectivity index (χ0) is 14.7. The van der Waals surface area contributed by atoms with E-state index in [4.69, 9.17) is 22.1 Å². The normalized spacial score (nSPS) is 18.7. The van der Waals surface area contributed by atoms with Crippen LogP contribution >= 0.6 is 11.6 Å². The third-order valence-corrected chi connectivity index (χ3v) is 3.28. The minimum Gasteiger partial charge on any atom is -0.397 e. The maximum atomic E-state index is 12.5. The van der Waals surface area contributed by atoms with Crippen LogP contribution in [0.1, 0.15) is 10.4 Å². The van der Waals surface area contributed by atoms with E-state index >= 15 is 0 Å². The highest BCUT2D eigenvalue weighted by Gasteiger charge is 2.33. The summed E-state index contributed by atoms with van der Waals surface area (Å²) < 4.78 is 5.25. The Morgan fingerprint density at radius 3 is 3.05 bits per heavy atom. The molecule has 2 rings (SSSR count). The molecule has 1 aliphatic rings. The van der Waals surface area contributed by atoms with Gasteiger partial charge in [0.15, 0.2) is 0 Å². The van der Waals surface area contributed by atoms with Gasteiger partial charge in [0, 0.05) is 13.6 Å². The first-order chi connectivity index (χ1) is 9.54. The second-order valence-electron chi connectivity index (χ2n) is 4.30. The van der Waals surface area contributed by atoms with Gasteiger partial charge in [-0.1, -0.05) is 11.6 Å². The molecule has 108 valence electrons. The molecule has 1 saturated heterocycles. The average Bonchev–Trinajstić information content (AvgIpc) is 2.48. The average molecular weight is 299 g/mol. The summed E-state index contributed by atoms with van der Waals surface area (Å²) in [5, 5.41) is 2.69. The highest BCUT2D eigenvalue weighted by Crippen LogP contribution is 2.19. The largest absolute Gasteiger partial charge is 0.397 e. The van der Waals surface area contributed by atoms with Gasteiger partial charge in [-0.15, -0.1) is 0 Å².